The first-order valence-electron chi connectivity index (χ1n) is 10.5. The maximum atomic E-state index is 12.8. The number of carbonyl (C=O) groups excluding carboxylic acids is 1. The molecule has 158 valence electrons. The molecule has 0 radical (unpaired) electrons. The lowest BCUT2D eigenvalue weighted by Gasteiger charge is -2.34. The Morgan fingerprint density at radius 1 is 1.21 bits per heavy atom. The molecule has 4 rings (SSSR count). The summed E-state index contributed by atoms with van der Waals surface area (Å²) in [6.07, 6.45) is 5.11. The van der Waals surface area contributed by atoms with Crippen LogP contribution < -0.4 is 0 Å². The van der Waals surface area contributed by atoms with E-state index in [4.69, 9.17) is 4.74 Å². The van der Waals surface area contributed by atoms with Crippen LogP contribution in [0.1, 0.15) is 29.7 Å². The van der Waals surface area contributed by atoms with Crippen molar-refractivity contribution in [3.63, 3.8) is 0 Å². The Kier molecular flexibility index (Phi) is 7.05. The third kappa shape index (κ3) is 5.10. The first kappa shape index (κ1) is 21.0. The monoisotopic (exact) mass is 434 g/mol. The van der Waals surface area contributed by atoms with Crippen molar-refractivity contribution in [1.82, 2.24) is 19.8 Å². The smallest absolute Gasteiger partial charge is 0.232 e. The van der Waals surface area contributed by atoms with Crippen LogP contribution >= 0.6 is 23.1 Å². The van der Waals surface area contributed by atoms with Gasteiger partial charge in [0, 0.05) is 36.4 Å². The van der Waals surface area contributed by atoms with Crippen molar-refractivity contribution in [2.75, 3.05) is 51.7 Å². The molecular formula is C21H30N4O2S2. The molecule has 4 heterocycles. The van der Waals surface area contributed by atoms with Gasteiger partial charge in [-0.15, -0.1) is 11.3 Å². The van der Waals surface area contributed by atoms with E-state index >= 15 is 0 Å². The number of thiophene rings is 1. The zero-order chi connectivity index (χ0) is 20.2. The predicted octanol–water partition coefficient (Wildman–Crippen LogP) is 3.36. The van der Waals surface area contributed by atoms with Gasteiger partial charge in [-0.1, -0.05) is 11.8 Å². The molecule has 2 aliphatic heterocycles. The molecule has 0 spiro atoms. The molecule has 0 saturated carbocycles. The minimum Gasteiger partial charge on any atom is -0.379 e. The summed E-state index contributed by atoms with van der Waals surface area (Å²) in [5.74, 6) is 1.43. The van der Waals surface area contributed by atoms with Gasteiger partial charge in [0.1, 0.15) is 16.2 Å². The topological polar surface area (TPSA) is 58.6 Å². The Morgan fingerprint density at radius 2 is 1.97 bits per heavy atom. The second-order valence-electron chi connectivity index (χ2n) is 8.00. The average molecular weight is 435 g/mol. The molecule has 0 atom stereocenters. The van der Waals surface area contributed by atoms with E-state index < -0.39 is 0 Å². The van der Waals surface area contributed by atoms with Crippen molar-refractivity contribution >= 4 is 39.2 Å². The third-order valence-corrected chi connectivity index (χ3v) is 8.28. The molecule has 0 aromatic carbocycles. The third-order valence-electron chi connectivity index (χ3n) is 6.19. The average Bonchev–Trinajstić information content (AvgIpc) is 3.06. The first-order valence-corrected chi connectivity index (χ1v) is 12.3. The zero-order valence-electron chi connectivity index (χ0n) is 17.4. The molecule has 2 saturated heterocycles. The number of rotatable bonds is 6. The molecule has 2 aromatic rings. The van der Waals surface area contributed by atoms with E-state index in [1.807, 2.05) is 4.90 Å². The number of thioether (sulfide) groups is 1. The van der Waals surface area contributed by atoms with Gasteiger partial charge in [0.25, 0.3) is 0 Å². The number of amides is 1. The Balaban J connectivity index is 1.24. The maximum Gasteiger partial charge on any atom is 0.232 e. The van der Waals surface area contributed by atoms with E-state index in [9.17, 15) is 4.79 Å². The molecule has 0 unspecified atom stereocenters. The van der Waals surface area contributed by atoms with Crippen molar-refractivity contribution in [3.05, 3.63) is 16.8 Å². The Morgan fingerprint density at radius 3 is 2.72 bits per heavy atom. The van der Waals surface area contributed by atoms with Gasteiger partial charge in [0.05, 0.1) is 19.0 Å². The minimum atomic E-state index is 0.234. The predicted molar refractivity (Wildman–Crippen MR) is 119 cm³/mol. The minimum absolute atomic E-state index is 0.234. The van der Waals surface area contributed by atoms with Crippen LogP contribution in [0.5, 0.6) is 0 Å². The van der Waals surface area contributed by atoms with Gasteiger partial charge in [0.2, 0.25) is 5.91 Å². The van der Waals surface area contributed by atoms with Crippen molar-refractivity contribution in [1.29, 1.82) is 0 Å². The van der Waals surface area contributed by atoms with Crippen LogP contribution in [-0.4, -0.2) is 77.4 Å². The molecule has 0 N–H and O–H groups in total. The summed E-state index contributed by atoms with van der Waals surface area (Å²) in [5.41, 5.74) is 1.24. The van der Waals surface area contributed by atoms with Gasteiger partial charge >= 0.3 is 0 Å². The second kappa shape index (κ2) is 9.73. The molecule has 6 nitrogen and oxygen atoms in total. The fourth-order valence-corrected chi connectivity index (χ4v) is 6.16. The Hall–Kier alpha value is -1.22. The number of piperidine rings is 1. The fourth-order valence-electron chi connectivity index (χ4n) is 4.14. The molecule has 1 amide bonds. The van der Waals surface area contributed by atoms with Gasteiger partial charge in [-0.3, -0.25) is 9.69 Å². The standard InChI is InChI=1S/C21H30N4O2S2/c1-15-16(2)29-21-19(15)20(22-14-23-21)28-13-18(26)25-7-4-17(5-8-25)3-6-24-9-11-27-12-10-24/h14,17H,3-13H2,1-2H3. The van der Waals surface area contributed by atoms with E-state index in [-0.39, 0.29) is 5.91 Å². The molecule has 2 aromatic heterocycles. The fraction of sp³-hybridized carbons (Fsp3) is 0.667. The van der Waals surface area contributed by atoms with Gasteiger partial charge in [0.15, 0.2) is 0 Å². The Bertz CT molecular complexity index is 843. The summed E-state index contributed by atoms with van der Waals surface area (Å²) < 4.78 is 5.42. The highest BCUT2D eigenvalue weighted by atomic mass is 32.2. The molecule has 2 fully saturated rings. The van der Waals surface area contributed by atoms with Gasteiger partial charge in [-0.2, -0.15) is 0 Å². The maximum absolute atomic E-state index is 12.8. The van der Waals surface area contributed by atoms with Crippen LogP contribution in [0.3, 0.4) is 0 Å². The number of hydrogen-bond donors (Lipinski definition) is 0. The van der Waals surface area contributed by atoms with Gasteiger partial charge in [-0.25, -0.2) is 9.97 Å². The van der Waals surface area contributed by atoms with E-state index in [0.717, 1.165) is 73.4 Å². The van der Waals surface area contributed by atoms with Crippen LogP contribution in [0.15, 0.2) is 11.4 Å². The number of aromatic nitrogens is 2. The van der Waals surface area contributed by atoms with Crippen molar-refractivity contribution in [3.8, 4) is 0 Å². The van der Waals surface area contributed by atoms with Crippen LogP contribution in [0, 0.1) is 19.8 Å². The molecule has 8 heteroatoms. The lowest BCUT2D eigenvalue weighted by molar-refractivity contribution is -0.129. The summed E-state index contributed by atoms with van der Waals surface area (Å²) in [6.45, 7) is 11.0. The molecule has 29 heavy (non-hydrogen) atoms. The summed E-state index contributed by atoms with van der Waals surface area (Å²) in [5, 5.41) is 2.06. The van der Waals surface area contributed by atoms with E-state index in [1.165, 1.54) is 23.4 Å². The summed E-state index contributed by atoms with van der Waals surface area (Å²) in [7, 11) is 0. The van der Waals surface area contributed by atoms with Crippen LogP contribution in [0.2, 0.25) is 0 Å². The first-order chi connectivity index (χ1) is 14.1. The van der Waals surface area contributed by atoms with Crippen molar-refractivity contribution in [2.24, 2.45) is 5.92 Å². The number of fused-ring (bicyclic) bond motifs is 1. The largest absolute Gasteiger partial charge is 0.379 e. The van der Waals surface area contributed by atoms with Crippen LogP contribution in [-0.2, 0) is 9.53 Å². The molecule has 2 aliphatic rings. The highest BCUT2D eigenvalue weighted by molar-refractivity contribution is 8.00. The Labute approximate surface area is 181 Å². The van der Waals surface area contributed by atoms with E-state index in [2.05, 4.69) is 28.7 Å². The van der Waals surface area contributed by atoms with Crippen molar-refractivity contribution in [2.45, 2.75) is 38.1 Å². The number of aryl methyl sites for hydroxylation is 2. The van der Waals surface area contributed by atoms with E-state index in [1.54, 1.807) is 29.4 Å². The van der Waals surface area contributed by atoms with Crippen molar-refractivity contribution < 1.29 is 9.53 Å². The van der Waals surface area contributed by atoms with Crippen LogP contribution in [0.4, 0.5) is 0 Å². The second-order valence-corrected chi connectivity index (χ2v) is 10.2. The lowest BCUT2D eigenvalue weighted by Crippen LogP contribution is -2.41. The molecule has 0 aliphatic carbocycles. The van der Waals surface area contributed by atoms with Gasteiger partial charge in [-0.05, 0) is 51.1 Å². The van der Waals surface area contributed by atoms with Crippen LogP contribution in [0.25, 0.3) is 10.2 Å². The quantitative estimate of drug-likeness (QED) is 0.513. The number of carbonyl (C=O) groups is 1. The number of hydrogen-bond acceptors (Lipinski definition) is 7. The highest BCUT2D eigenvalue weighted by Gasteiger charge is 2.24. The van der Waals surface area contributed by atoms with E-state index in [0.29, 0.717) is 5.75 Å². The highest BCUT2D eigenvalue weighted by Crippen LogP contribution is 2.34. The normalized spacial score (nSPS) is 19.2. The molecular weight excluding hydrogens is 404 g/mol. The number of ether oxygens (including phenoxy) is 1. The van der Waals surface area contributed by atoms with Gasteiger partial charge < -0.3 is 9.64 Å². The zero-order valence-corrected chi connectivity index (χ0v) is 19.0. The number of morpholine rings is 1. The SMILES string of the molecule is Cc1sc2ncnc(SCC(=O)N3CCC(CCN4CCOCC4)CC3)c2c1C. The number of likely N-dealkylation sites (tertiary alicyclic amines) is 1. The molecule has 0 bridgehead atoms. The summed E-state index contributed by atoms with van der Waals surface area (Å²) >= 11 is 3.25. The summed E-state index contributed by atoms with van der Waals surface area (Å²) in [6, 6.07) is 0. The lowest BCUT2D eigenvalue weighted by atomic mass is 9.93. The number of nitrogens with zero attached hydrogens (tertiary/aromatic N) is 4. The summed E-state index contributed by atoms with van der Waals surface area (Å²) in [4.78, 5) is 28.4.